The number of hydrazone groups is 1. The molecule has 0 bridgehead atoms. The molecule has 0 fully saturated rings. The number of nitrogens with one attached hydrogen (secondary N) is 1. The fourth-order valence-electron chi connectivity index (χ4n) is 1.61. The summed E-state index contributed by atoms with van der Waals surface area (Å²) in [6.07, 6.45) is 3.74. The number of phenols is 1. The average molecular weight is 276 g/mol. The molecular formula is C15H20N2O3. The number of carbonyl (C=O) groups excluding carboxylic acids is 1. The molecule has 0 aliphatic carbocycles. The van der Waals surface area contributed by atoms with Crippen LogP contribution in [0.2, 0.25) is 0 Å². The predicted octanol–water partition coefficient (Wildman–Crippen LogP) is 1.73. The van der Waals surface area contributed by atoms with Gasteiger partial charge in [-0.3, -0.25) is 4.79 Å². The molecule has 5 nitrogen and oxygen atoms in total. The molecule has 0 radical (unpaired) electrons. The maximum atomic E-state index is 11.4. The highest BCUT2D eigenvalue weighted by Gasteiger charge is 2.05. The number of benzene rings is 1. The lowest BCUT2D eigenvalue weighted by atomic mass is 10.1. The smallest absolute Gasteiger partial charge is 0.240 e. The van der Waals surface area contributed by atoms with E-state index in [1.165, 1.54) is 6.21 Å². The Balaban J connectivity index is 2.60. The zero-order valence-electron chi connectivity index (χ0n) is 11.5. The second-order valence-corrected chi connectivity index (χ2v) is 4.53. The van der Waals surface area contributed by atoms with Crippen LogP contribution in [0, 0.1) is 0 Å². The van der Waals surface area contributed by atoms with Crippen LogP contribution in [-0.2, 0) is 11.2 Å². The summed E-state index contributed by atoms with van der Waals surface area (Å²) in [5.74, 6) is -0.140. The summed E-state index contributed by atoms with van der Waals surface area (Å²) >= 11 is 0. The van der Waals surface area contributed by atoms with Crippen LogP contribution in [0.1, 0.15) is 30.9 Å². The van der Waals surface area contributed by atoms with E-state index < -0.39 is 6.10 Å². The van der Waals surface area contributed by atoms with E-state index in [1.807, 2.05) is 0 Å². The number of hydrogen-bond donors (Lipinski definition) is 3. The topological polar surface area (TPSA) is 81.9 Å². The number of phenolic OH excluding ortho intramolecular Hbond substituents is 1. The molecule has 0 aromatic heterocycles. The number of para-hydroxylation sites is 1. The molecule has 1 aromatic rings. The molecule has 1 unspecified atom stereocenters. The molecule has 0 aliphatic heterocycles. The van der Waals surface area contributed by atoms with Gasteiger partial charge in [-0.2, -0.15) is 5.10 Å². The first-order valence-electron chi connectivity index (χ1n) is 6.46. The summed E-state index contributed by atoms with van der Waals surface area (Å²) < 4.78 is 0. The van der Waals surface area contributed by atoms with E-state index in [2.05, 4.69) is 17.1 Å². The normalized spacial score (nSPS) is 12.3. The van der Waals surface area contributed by atoms with Crippen molar-refractivity contribution in [1.82, 2.24) is 5.43 Å². The third-order valence-corrected chi connectivity index (χ3v) is 2.70. The Hall–Kier alpha value is -2.14. The monoisotopic (exact) mass is 276 g/mol. The Bertz CT molecular complexity index is 496. The van der Waals surface area contributed by atoms with Gasteiger partial charge in [-0.15, -0.1) is 6.58 Å². The van der Waals surface area contributed by atoms with Gasteiger partial charge in [-0.05, 0) is 31.4 Å². The van der Waals surface area contributed by atoms with Gasteiger partial charge in [-0.1, -0.05) is 18.2 Å². The number of nitrogens with zero attached hydrogens (tertiary/aromatic N) is 1. The van der Waals surface area contributed by atoms with Crippen LogP contribution in [0.25, 0.3) is 0 Å². The maximum absolute atomic E-state index is 11.4. The molecule has 0 spiro atoms. The van der Waals surface area contributed by atoms with Crippen LogP contribution >= 0.6 is 0 Å². The molecule has 0 saturated heterocycles. The third-order valence-electron chi connectivity index (χ3n) is 2.70. The van der Waals surface area contributed by atoms with Crippen LogP contribution < -0.4 is 5.43 Å². The van der Waals surface area contributed by atoms with Crippen molar-refractivity contribution in [3.8, 4) is 5.75 Å². The highest BCUT2D eigenvalue weighted by Crippen LogP contribution is 2.21. The van der Waals surface area contributed by atoms with E-state index in [9.17, 15) is 9.90 Å². The minimum absolute atomic E-state index is 0.134. The Morgan fingerprint density at radius 3 is 2.95 bits per heavy atom. The average Bonchev–Trinajstić information content (AvgIpc) is 2.41. The van der Waals surface area contributed by atoms with Crippen LogP contribution in [0.3, 0.4) is 0 Å². The van der Waals surface area contributed by atoms with Crippen LogP contribution in [-0.4, -0.2) is 28.4 Å². The molecule has 1 atom stereocenters. The van der Waals surface area contributed by atoms with E-state index in [-0.39, 0.29) is 18.1 Å². The molecule has 108 valence electrons. The van der Waals surface area contributed by atoms with E-state index in [0.717, 1.165) is 5.56 Å². The largest absolute Gasteiger partial charge is 0.507 e. The molecule has 0 saturated carbocycles. The summed E-state index contributed by atoms with van der Waals surface area (Å²) in [6.45, 7) is 5.25. The van der Waals surface area contributed by atoms with Gasteiger partial charge in [0.1, 0.15) is 5.75 Å². The number of aliphatic hydroxyl groups is 1. The van der Waals surface area contributed by atoms with Crippen molar-refractivity contribution in [3.63, 3.8) is 0 Å². The third kappa shape index (κ3) is 5.24. The molecule has 1 amide bonds. The molecule has 1 rings (SSSR count). The standard InChI is InChI=1S/C15H20N2O3/c1-3-5-12-6-4-7-13(15(12)20)10-16-17-14(19)9-8-11(2)18/h3-4,6-7,10-11,18,20H,1,5,8-9H2,2H3,(H,17,19)/b16-10+. The van der Waals surface area contributed by atoms with Crippen molar-refractivity contribution >= 4 is 12.1 Å². The lowest BCUT2D eigenvalue weighted by molar-refractivity contribution is -0.121. The summed E-state index contributed by atoms with van der Waals surface area (Å²) in [5, 5.41) is 22.8. The fraction of sp³-hybridized carbons (Fsp3) is 0.333. The Kier molecular flexibility index (Phi) is 6.46. The van der Waals surface area contributed by atoms with Gasteiger partial charge < -0.3 is 10.2 Å². The Morgan fingerprint density at radius 1 is 1.55 bits per heavy atom. The molecule has 20 heavy (non-hydrogen) atoms. The zero-order chi connectivity index (χ0) is 15.0. The second kappa shape index (κ2) is 8.12. The zero-order valence-corrected chi connectivity index (χ0v) is 11.5. The quantitative estimate of drug-likeness (QED) is 0.403. The Labute approximate surface area is 118 Å². The summed E-state index contributed by atoms with van der Waals surface area (Å²) in [4.78, 5) is 11.4. The minimum atomic E-state index is -0.510. The maximum Gasteiger partial charge on any atom is 0.240 e. The first-order chi connectivity index (χ1) is 9.54. The lowest BCUT2D eigenvalue weighted by Crippen LogP contribution is -2.18. The molecule has 0 aliphatic rings. The molecule has 3 N–H and O–H groups in total. The number of carbonyl (C=O) groups is 1. The van der Waals surface area contributed by atoms with E-state index in [0.29, 0.717) is 18.4 Å². The molecule has 5 heteroatoms. The number of amides is 1. The highest BCUT2D eigenvalue weighted by atomic mass is 16.3. The van der Waals surface area contributed by atoms with Crippen molar-refractivity contribution in [1.29, 1.82) is 0 Å². The SMILES string of the molecule is C=CCc1cccc(/C=N/NC(=O)CCC(C)O)c1O. The summed E-state index contributed by atoms with van der Waals surface area (Å²) in [7, 11) is 0. The number of hydrogen-bond acceptors (Lipinski definition) is 4. The van der Waals surface area contributed by atoms with Crippen LogP contribution in [0.4, 0.5) is 0 Å². The lowest BCUT2D eigenvalue weighted by Gasteiger charge is -2.05. The highest BCUT2D eigenvalue weighted by molar-refractivity contribution is 5.85. The van der Waals surface area contributed by atoms with E-state index in [1.54, 1.807) is 31.2 Å². The van der Waals surface area contributed by atoms with E-state index >= 15 is 0 Å². The first-order valence-corrected chi connectivity index (χ1v) is 6.46. The van der Waals surface area contributed by atoms with Crippen molar-refractivity contribution in [2.75, 3.05) is 0 Å². The van der Waals surface area contributed by atoms with Gasteiger partial charge in [-0.25, -0.2) is 5.43 Å². The van der Waals surface area contributed by atoms with Gasteiger partial charge in [0.25, 0.3) is 0 Å². The van der Waals surface area contributed by atoms with Crippen molar-refractivity contribution in [3.05, 3.63) is 42.0 Å². The molecular weight excluding hydrogens is 256 g/mol. The number of allylic oxidation sites excluding steroid dienone is 1. The predicted molar refractivity (Wildman–Crippen MR) is 78.7 cm³/mol. The van der Waals surface area contributed by atoms with Gasteiger partial charge in [0, 0.05) is 12.0 Å². The van der Waals surface area contributed by atoms with Crippen molar-refractivity contribution in [2.24, 2.45) is 5.10 Å². The van der Waals surface area contributed by atoms with Gasteiger partial charge in [0.05, 0.1) is 12.3 Å². The summed E-state index contributed by atoms with van der Waals surface area (Å²) in [5.41, 5.74) is 3.64. The fourth-order valence-corrected chi connectivity index (χ4v) is 1.61. The van der Waals surface area contributed by atoms with Crippen LogP contribution in [0.15, 0.2) is 36.0 Å². The van der Waals surface area contributed by atoms with Crippen molar-refractivity contribution < 1.29 is 15.0 Å². The number of aromatic hydroxyl groups is 1. The van der Waals surface area contributed by atoms with Gasteiger partial charge in [0.2, 0.25) is 5.91 Å². The molecule has 0 heterocycles. The van der Waals surface area contributed by atoms with Crippen molar-refractivity contribution in [2.45, 2.75) is 32.3 Å². The summed E-state index contributed by atoms with van der Waals surface area (Å²) in [6, 6.07) is 5.30. The Morgan fingerprint density at radius 2 is 2.30 bits per heavy atom. The number of rotatable bonds is 7. The van der Waals surface area contributed by atoms with Gasteiger partial charge in [0.15, 0.2) is 0 Å². The van der Waals surface area contributed by atoms with Gasteiger partial charge >= 0.3 is 0 Å². The van der Waals surface area contributed by atoms with Crippen LogP contribution in [0.5, 0.6) is 5.75 Å². The second-order valence-electron chi connectivity index (χ2n) is 4.53. The number of aliphatic hydroxyl groups excluding tert-OH is 1. The minimum Gasteiger partial charge on any atom is -0.507 e. The molecule has 1 aromatic carbocycles. The van der Waals surface area contributed by atoms with E-state index in [4.69, 9.17) is 5.11 Å². The first kappa shape index (κ1) is 15.9.